The maximum atomic E-state index is 13.6. The lowest BCUT2D eigenvalue weighted by molar-refractivity contribution is -0.117. The number of Topliss-reactive ketones (excluding diaryl/α,β-unsaturated/α-hetero) is 1. The molecule has 0 unspecified atom stereocenters. The quantitative estimate of drug-likeness (QED) is 0.817. The van der Waals surface area contributed by atoms with Crippen LogP contribution in [0.15, 0.2) is 16.6 Å². The fourth-order valence-electron chi connectivity index (χ4n) is 1.73. The zero-order valence-electron chi connectivity index (χ0n) is 9.81. The monoisotopic (exact) mass is 317 g/mol. The van der Waals surface area contributed by atoms with Crippen molar-refractivity contribution < 1.29 is 13.6 Å². The summed E-state index contributed by atoms with van der Waals surface area (Å²) in [5, 5.41) is 3.01. The Bertz CT molecular complexity index is 461. The highest BCUT2D eigenvalue weighted by atomic mass is 79.9. The molecule has 1 saturated carbocycles. The van der Waals surface area contributed by atoms with E-state index in [0.29, 0.717) is 5.92 Å². The molecule has 1 aromatic rings. The maximum Gasteiger partial charge on any atom is 0.151 e. The highest BCUT2D eigenvalue weighted by Gasteiger charge is 2.21. The van der Waals surface area contributed by atoms with Crippen LogP contribution in [-0.2, 0) is 11.2 Å². The highest BCUT2D eigenvalue weighted by Crippen LogP contribution is 2.27. The second-order valence-corrected chi connectivity index (χ2v) is 5.47. The summed E-state index contributed by atoms with van der Waals surface area (Å²) in [6.07, 6.45) is 2.20. The van der Waals surface area contributed by atoms with Crippen molar-refractivity contribution in [3.05, 3.63) is 33.8 Å². The maximum absolute atomic E-state index is 13.6. The first-order chi connectivity index (χ1) is 8.58. The minimum atomic E-state index is -0.689. The molecule has 18 heavy (non-hydrogen) atoms. The Morgan fingerprint density at radius 1 is 1.39 bits per heavy atom. The smallest absolute Gasteiger partial charge is 0.151 e. The Morgan fingerprint density at radius 3 is 2.78 bits per heavy atom. The lowest BCUT2D eigenvalue weighted by Crippen LogP contribution is -2.26. The number of carbonyl (C=O) groups is 1. The van der Waals surface area contributed by atoms with Crippen molar-refractivity contribution >= 4 is 21.7 Å². The van der Waals surface area contributed by atoms with E-state index in [1.165, 1.54) is 18.9 Å². The summed E-state index contributed by atoms with van der Waals surface area (Å²) in [7, 11) is 0. The molecule has 2 rings (SSSR count). The first-order valence-electron chi connectivity index (χ1n) is 5.92. The Hall–Kier alpha value is -0.810. The molecule has 0 amide bonds. The van der Waals surface area contributed by atoms with Crippen molar-refractivity contribution in [3.8, 4) is 0 Å². The molecule has 1 aliphatic rings. The summed E-state index contributed by atoms with van der Waals surface area (Å²) >= 11 is 2.98. The summed E-state index contributed by atoms with van der Waals surface area (Å²) in [4.78, 5) is 11.6. The fraction of sp³-hybridized carbons (Fsp3) is 0.462. The van der Waals surface area contributed by atoms with E-state index < -0.39 is 11.6 Å². The van der Waals surface area contributed by atoms with Gasteiger partial charge in [0, 0.05) is 12.0 Å². The van der Waals surface area contributed by atoms with E-state index >= 15 is 0 Å². The number of ketones is 1. The SMILES string of the molecule is O=C(CNCC1CC1)Cc1c(F)ccc(Br)c1F. The number of benzene rings is 1. The Balaban J connectivity index is 1.91. The second kappa shape index (κ2) is 5.89. The van der Waals surface area contributed by atoms with E-state index in [1.54, 1.807) is 0 Å². The molecule has 0 radical (unpaired) electrons. The second-order valence-electron chi connectivity index (χ2n) is 4.61. The van der Waals surface area contributed by atoms with Gasteiger partial charge in [0.05, 0.1) is 11.0 Å². The van der Waals surface area contributed by atoms with Crippen molar-refractivity contribution in [3.63, 3.8) is 0 Å². The average Bonchev–Trinajstić information content (AvgIpc) is 3.14. The van der Waals surface area contributed by atoms with Gasteiger partial charge in [-0.3, -0.25) is 4.79 Å². The number of carbonyl (C=O) groups excluding carboxylic acids is 1. The molecule has 0 spiro atoms. The minimum Gasteiger partial charge on any atom is -0.310 e. The Kier molecular flexibility index (Phi) is 4.45. The Morgan fingerprint density at radius 2 is 2.11 bits per heavy atom. The van der Waals surface area contributed by atoms with Gasteiger partial charge in [0.1, 0.15) is 11.6 Å². The van der Waals surface area contributed by atoms with E-state index in [9.17, 15) is 13.6 Å². The molecule has 1 N–H and O–H groups in total. The standard InChI is InChI=1S/C13H14BrF2NO/c14-11-3-4-12(15)10(13(11)16)5-9(18)7-17-6-8-1-2-8/h3-4,8,17H,1-2,5-7H2. The molecule has 5 heteroatoms. The van der Waals surface area contributed by atoms with Gasteiger partial charge >= 0.3 is 0 Å². The van der Waals surface area contributed by atoms with Crippen LogP contribution in [-0.4, -0.2) is 18.9 Å². The largest absolute Gasteiger partial charge is 0.310 e. The first kappa shape index (κ1) is 13.6. The lowest BCUT2D eigenvalue weighted by Gasteiger charge is -2.07. The highest BCUT2D eigenvalue weighted by molar-refractivity contribution is 9.10. The van der Waals surface area contributed by atoms with E-state index in [1.807, 2.05) is 0 Å². The summed E-state index contributed by atoms with van der Waals surface area (Å²) < 4.78 is 27.2. The normalized spacial score (nSPS) is 14.8. The summed E-state index contributed by atoms with van der Waals surface area (Å²) in [6, 6.07) is 2.46. The van der Waals surface area contributed by atoms with Crippen LogP contribution >= 0.6 is 15.9 Å². The predicted molar refractivity (Wildman–Crippen MR) is 68.4 cm³/mol. The van der Waals surface area contributed by atoms with Gasteiger partial charge in [-0.05, 0) is 53.4 Å². The Labute approximate surface area is 113 Å². The summed E-state index contributed by atoms with van der Waals surface area (Å²) in [5.74, 6) is -0.888. The summed E-state index contributed by atoms with van der Waals surface area (Å²) in [6.45, 7) is 0.983. The molecule has 0 aromatic heterocycles. The van der Waals surface area contributed by atoms with Crippen LogP contribution in [0.5, 0.6) is 0 Å². The van der Waals surface area contributed by atoms with Crippen molar-refractivity contribution in [2.24, 2.45) is 5.92 Å². The minimum absolute atomic E-state index is 0.164. The zero-order valence-corrected chi connectivity index (χ0v) is 11.4. The van der Waals surface area contributed by atoms with Crippen LogP contribution in [0.3, 0.4) is 0 Å². The topological polar surface area (TPSA) is 29.1 Å². The van der Waals surface area contributed by atoms with Gasteiger partial charge in [-0.25, -0.2) is 8.78 Å². The van der Waals surface area contributed by atoms with Gasteiger partial charge in [0.25, 0.3) is 0 Å². The van der Waals surface area contributed by atoms with Gasteiger partial charge < -0.3 is 5.32 Å². The number of rotatable bonds is 6. The molecule has 1 aromatic carbocycles. The lowest BCUT2D eigenvalue weighted by atomic mass is 10.1. The van der Waals surface area contributed by atoms with Gasteiger partial charge in [-0.15, -0.1) is 0 Å². The molecule has 0 atom stereocenters. The van der Waals surface area contributed by atoms with Crippen LogP contribution in [0.2, 0.25) is 0 Å². The van der Waals surface area contributed by atoms with Crippen LogP contribution in [0.1, 0.15) is 18.4 Å². The molecule has 0 aliphatic heterocycles. The summed E-state index contributed by atoms with van der Waals surface area (Å²) in [5.41, 5.74) is -0.164. The first-order valence-corrected chi connectivity index (χ1v) is 6.72. The fourth-order valence-corrected chi connectivity index (χ4v) is 2.10. The number of halogens is 3. The van der Waals surface area contributed by atoms with Gasteiger partial charge in [-0.2, -0.15) is 0 Å². The van der Waals surface area contributed by atoms with E-state index in [4.69, 9.17) is 0 Å². The molecular weight excluding hydrogens is 304 g/mol. The predicted octanol–water partition coefficient (Wildman–Crippen LogP) is 2.84. The van der Waals surface area contributed by atoms with Crippen LogP contribution in [0.4, 0.5) is 8.78 Å². The van der Waals surface area contributed by atoms with Crippen LogP contribution < -0.4 is 5.32 Å². The molecule has 0 heterocycles. The van der Waals surface area contributed by atoms with Crippen LogP contribution in [0, 0.1) is 17.6 Å². The average molecular weight is 318 g/mol. The van der Waals surface area contributed by atoms with Crippen molar-refractivity contribution in [2.75, 3.05) is 13.1 Å². The molecule has 98 valence electrons. The van der Waals surface area contributed by atoms with Crippen LogP contribution in [0.25, 0.3) is 0 Å². The number of hydrogen-bond donors (Lipinski definition) is 1. The molecule has 0 saturated heterocycles. The molecule has 1 fully saturated rings. The van der Waals surface area contributed by atoms with Gasteiger partial charge in [0.15, 0.2) is 5.78 Å². The van der Waals surface area contributed by atoms with E-state index in [2.05, 4.69) is 21.2 Å². The third kappa shape index (κ3) is 3.59. The van der Waals surface area contributed by atoms with Gasteiger partial charge in [0.2, 0.25) is 0 Å². The number of nitrogens with one attached hydrogen (secondary N) is 1. The molecular formula is C13H14BrF2NO. The van der Waals surface area contributed by atoms with E-state index in [0.717, 1.165) is 12.6 Å². The molecule has 0 bridgehead atoms. The molecule has 2 nitrogen and oxygen atoms in total. The van der Waals surface area contributed by atoms with Gasteiger partial charge in [-0.1, -0.05) is 0 Å². The van der Waals surface area contributed by atoms with E-state index in [-0.39, 0.29) is 28.8 Å². The zero-order chi connectivity index (χ0) is 13.1. The number of hydrogen-bond acceptors (Lipinski definition) is 2. The third-order valence-corrected chi connectivity index (χ3v) is 3.58. The molecule has 1 aliphatic carbocycles. The van der Waals surface area contributed by atoms with Crippen molar-refractivity contribution in [1.82, 2.24) is 5.32 Å². The van der Waals surface area contributed by atoms with Crippen molar-refractivity contribution in [1.29, 1.82) is 0 Å². The third-order valence-electron chi connectivity index (χ3n) is 2.96. The van der Waals surface area contributed by atoms with Crippen molar-refractivity contribution in [2.45, 2.75) is 19.3 Å².